The van der Waals surface area contributed by atoms with Crippen molar-refractivity contribution in [2.75, 3.05) is 51.3 Å². The van der Waals surface area contributed by atoms with Gasteiger partial charge in [-0.3, -0.25) is 9.69 Å². The fourth-order valence-corrected chi connectivity index (χ4v) is 3.62. The molecule has 0 bridgehead atoms. The molecule has 0 unspecified atom stereocenters. The van der Waals surface area contributed by atoms with Gasteiger partial charge < -0.3 is 15.0 Å². The van der Waals surface area contributed by atoms with Gasteiger partial charge in [0.05, 0.1) is 24.4 Å². The first kappa shape index (κ1) is 19.5. The first-order valence-corrected chi connectivity index (χ1v) is 9.65. The van der Waals surface area contributed by atoms with Gasteiger partial charge in [0.1, 0.15) is 5.75 Å². The number of ether oxygens (including phenoxy) is 1. The number of methoxy groups -OCH3 is 1. The molecule has 0 radical (unpaired) electrons. The summed E-state index contributed by atoms with van der Waals surface area (Å²) in [7, 11) is 1.67. The number of anilines is 1. The third kappa shape index (κ3) is 5.37. The van der Waals surface area contributed by atoms with E-state index in [9.17, 15) is 4.79 Å². The van der Waals surface area contributed by atoms with Gasteiger partial charge in [-0.1, -0.05) is 41.9 Å². The number of carbonyl (C=O) groups excluding carboxylic acids is 1. The molecule has 2 aromatic carbocycles. The van der Waals surface area contributed by atoms with Gasteiger partial charge in [0.25, 0.3) is 0 Å². The average Bonchev–Trinajstić information content (AvgIpc) is 2.69. The van der Waals surface area contributed by atoms with Gasteiger partial charge in [-0.15, -0.1) is 0 Å². The number of hydrogen-bond acceptors (Lipinski definition) is 4. The summed E-state index contributed by atoms with van der Waals surface area (Å²) in [5, 5.41) is 3.79. The molecular weight excluding hydrogens is 362 g/mol. The van der Waals surface area contributed by atoms with Gasteiger partial charge in [0.15, 0.2) is 0 Å². The second-order valence-electron chi connectivity index (χ2n) is 6.63. The maximum absolute atomic E-state index is 12.2. The van der Waals surface area contributed by atoms with E-state index in [1.165, 1.54) is 0 Å². The molecule has 1 saturated heterocycles. The Morgan fingerprint density at radius 3 is 2.52 bits per heavy atom. The van der Waals surface area contributed by atoms with Crippen LogP contribution in [-0.4, -0.2) is 57.2 Å². The number of nitrogens with zero attached hydrogens (tertiary/aromatic N) is 2. The van der Waals surface area contributed by atoms with Crippen molar-refractivity contribution in [3.63, 3.8) is 0 Å². The summed E-state index contributed by atoms with van der Waals surface area (Å²) in [4.78, 5) is 16.7. The summed E-state index contributed by atoms with van der Waals surface area (Å²) in [5.41, 5.74) is 2.17. The summed E-state index contributed by atoms with van der Waals surface area (Å²) in [5.74, 6) is 0.929. The zero-order valence-corrected chi connectivity index (χ0v) is 16.4. The summed E-state index contributed by atoms with van der Waals surface area (Å²) >= 11 is 6.28. The van der Waals surface area contributed by atoms with Crippen LogP contribution in [0.15, 0.2) is 48.5 Å². The van der Waals surface area contributed by atoms with E-state index in [-0.39, 0.29) is 5.91 Å². The number of rotatable bonds is 7. The summed E-state index contributed by atoms with van der Waals surface area (Å²) in [6.07, 6.45) is 0.760. The summed E-state index contributed by atoms with van der Waals surface area (Å²) in [6, 6.07) is 15.8. The van der Waals surface area contributed by atoms with Crippen LogP contribution in [0.2, 0.25) is 5.02 Å². The lowest BCUT2D eigenvalue weighted by molar-refractivity contribution is -0.122. The molecule has 1 aliphatic rings. The van der Waals surface area contributed by atoms with Gasteiger partial charge in [-0.05, 0) is 30.2 Å². The highest BCUT2D eigenvalue weighted by molar-refractivity contribution is 6.33. The molecular formula is C21H26ClN3O2. The van der Waals surface area contributed by atoms with Crippen molar-refractivity contribution in [2.24, 2.45) is 0 Å². The average molecular weight is 388 g/mol. The molecule has 27 heavy (non-hydrogen) atoms. The predicted octanol–water partition coefficient (Wildman–Crippen LogP) is 2.83. The normalized spacial score (nSPS) is 14.8. The highest BCUT2D eigenvalue weighted by Crippen LogP contribution is 2.25. The second-order valence-corrected chi connectivity index (χ2v) is 7.03. The summed E-state index contributed by atoms with van der Waals surface area (Å²) < 4.78 is 5.34. The largest absolute Gasteiger partial charge is 0.496 e. The number of halogens is 1. The van der Waals surface area contributed by atoms with E-state index < -0.39 is 0 Å². The Morgan fingerprint density at radius 2 is 1.78 bits per heavy atom. The maximum atomic E-state index is 12.2. The van der Waals surface area contributed by atoms with Crippen molar-refractivity contribution in [3.8, 4) is 5.75 Å². The quantitative estimate of drug-likeness (QED) is 0.793. The molecule has 6 heteroatoms. The van der Waals surface area contributed by atoms with E-state index in [4.69, 9.17) is 16.3 Å². The first-order chi connectivity index (χ1) is 13.2. The Bertz CT molecular complexity index is 761. The highest BCUT2D eigenvalue weighted by Gasteiger charge is 2.20. The molecule has 0 atom stereocenters. The van der Waals surface area contributed by atoms with Crippen molar-refractivity contribution in [1.82, 2.24) is 10.2 Å². The van der Waals surface area contributed by atoms with E-state index in [0.717, 1.165) is 54.6 Å². The minimum atomic E-state index is 0.0658. The first-order valence-electron chi connectivity index (χ1n) is 9.28. The van der Waals surface area contributed by atoms with E-state index in [2.05, 4.69) is 15.1 Å². The Balaban J connectivity index is 1.40. The van der Waals surface area contributed by atoms with Crippen LogP contribution in [0.3, 0.4) is 0 Å². The van der Waals surface area contributed by atoms with Gasteiger partial charge in [-0.2, -0.15) is 0 Å². The van der Waals surface area contributed by atoms with Crippen molar-refractivity contribution in [3.05, 3.63) is 59.1 Å². The highest BCUT2D eigenvalue weighted by atomic mass is 35.5. The van der Waals surface area contributed by atoms with Crippen LogP contribution in [0.5, 0.6) is 5.75 Å². The van der Waals surface area contributed by atoms with Crippen LogP contribution in [0.25, 0.3) is 0 Å². The molecule has 1 N–H and O–H groups in total. The Labute approximate surface area is 165 Å². The molecule has 0 aromatic heterocycles. The van der Waals surface area contributed by atoms with Crippen LogP contribution in [0.4, 0.5) is 5.69 Å². The van der Waals surface area contributed by atoms with Crippen molar-refractivity contribution in [2.45, 2.75) is 6.42 Å². The van der Waals surface area contributed by atoms with Crippen LogP contribution in [0.1, 0.15) is 5.56 Å². The van der Waals surface area contributed by atoms with Crippen molar-refractivity contribution >= 4 is 23.2 Å². The van der Waals surface area contributed by atoms with Crippen LogP contribution < -0.4 is 15.0 Å². The number of carbonyl (C=O) groups is 1. The molecule has 0 saturated carbocycles. The van der Waals surface area contributed by atoms with E-state index in [1.54, 1.807) is 7.11 Å². The predicted molar refractivity (Wildman–Crippen MR) is 110 cm³/mol. The number of hydrogen-bond donors (Lipinski definition) is 1. The standard InChI is InChI=1S/C21H26ClN3O2/c1-27-20-9-5-2-6-17(20)10-11-23-21(26)16-24-12-14-25(15-13-24)19-8-4-3-7-18(19)22/h2-9H,10-16H2,1H3,(H,23,26). The number of nitrogens with one attached hydrogen (secondary N) is 1. The van der Waals surface area contributed by atoms with Gasteiger partial charge in [0, 0.05) is 32.7 Å². The van der Waals surface area contributed by atoms with Crippen LogP contribution in [-0.2, 0) is 11.2 Å². The number of piperazine rings is 1. The van der Waals surface area contributed by atoms with E-state index >= 15 is 0 Å². The zero-order valence-electron chi connectivity index (χ0n) is 15.7. The van der Waals surface area contributed by atoms with Gasteiger partial charge in [0.2, 0.25) is 5.91 Å². The van der Waals surface area contributed by atoms with Crippen molar-refractivity contribution < 1.29 is 9.53 Å². The lowest BCUT2D eigenvalue weighted by Gasteiger charge is -2.36. The minimum absolute atomic E-state index is 0.0658. The van der Waals surface area contributed by atoms with E-state index in [1.807, 2.05) is 48.5 Å². The lowest BCUT2D eigenvalue weighted by Crippen LogP contribution is -2.49. The molecule has 144 valence electrons. The fraction of sp³-hybridized carbons (Fsp3) is 0.381. The van der Waals surface area contributed by atoms with Crippen molar-refractivity contribution in [1.29, 1.82) is 0 Å². The fourth-order valence-electron chi connectivity index (χ4n) is 3.36. The Morgan fingerprint density at radius 1 is 1.07 bits per heavy atom. The van der Waals surface area contributed by atoms with Crippen LogP contribution >= 0.6 is 11.6 Å². The molecule has 1 amide bonds. The Kier molecular flexibility index (Phi) is 6.96. The topological polar surface area (TPSA) is 44.8 Å². The molecule has 2 aromatic rings. The smallest absolute Gasteiger partial charge is 0.234 e. The molecule has 5 nitrogen and oxygen atoms in total. The lowest BCUT2D eigenvalue weighted by atomic mass is 10.1. The van der Waals surface area contributed by atoms with E-state index in [0.29, 0.717) is 13.1 Å². The monoisotopic (exact) mass is 387 g/mol. The van der Waals surface area contributed by atoms with Gasteiger partial charge >= 0.3 is 0 Å². The van der Waals surface area contributed by atoms with Crippen LogP contribution in [0, 0.1) is 0 Å². The summed E-state index contributed by atoms with van der Waals surface area (Å²) in [6.45, 7) is 4.49. The molecule has 3 rings (SSSR count). The number of amides is 1. The molecule has 1 heterocycles. The minimum Gasteiger partial charge on any atom is -0.496 e. The zero-order chi connectivity index (χ0) is 19.1. The number of benzene rings is 2. The van der Waals surface area contributed by atoms with Gasteiger partial charge in [-0.25, -0.2) is 0 Å². The third-order valence-electron chi connectivity index (χ3n) is 4.84. The number of para-hydroxylation sites is 2. The molecule has 0 aliphatic carbocycles. The molecule has 1 aliphatic heterocycles. The second kappa shape index (κ2) is 9.62. The molecule has 0 spiro atoms. The molecule has 1 fully saturated rings. The SMILES string of the molecule is COc1ccccc1CCNC(=O)CN1CCN(c2ccccc2Cl)CC1. The third-order valence-corrected chi connectivity index (χ3v) is 5.16. The maximum Gasteiger partial charge on any atom is 0.234 e. The Hall–Kier alpha value is -2.24.